The van der Waals surface area contributed by atoms with Gasteiger partial charge in [0, 0.05) is 13.6 Å². The van der Waals surface area contributed by atoms with Crippen molar-refractivity contribution in [2.45, 2.75) is 25.4 Å². The lowest BCUT2D eigenvalue weighted by Crippen LogP contribution is -2.43. The molecule has 0 radical (unpaired) electrons. The van der Waals surface area contributed by atoms with Crippen molar-refractivity contribution in [1.29, 1.82) is 0 Å². The summed E-state index contributed by atoms with van der Waals surface area (Å²) in [5, 5.41) is 16.3. The number of aliphatic hydroxyl groups is 1. The number of hydrogen-bond donors (Lipinski definition) is 2. The molecule has 1 aromatic carbocycles. The van der Waals surface area contributed by atoms with E-state index in [1.807, 2.05) is 12.1 Å². The number of nitrogens with one attached hydrogen (secondary N) is 1. The molecule has 0 fully saturated rings. The second-order valence-electron chi connectivity index (χ2n) is 5.66. The number of rotatable bonds is 5. The van der Waals surface area contributed by atoms with E-state index in [4.69, 9.17) is 0 Å². The van der Waals surface area contributed by atoms with Gasteiger partial charge in [-0.15, -0.1) is 0 Å². The first-order valence-corrected chi connectivity index (χ1v) is 7.76. The zero-order chi connectivity index (χ0) is 16.2. The Kier molecular flexibility index (Phi) is 4.57. The van der Waals surface area contributed by atoms with E-state index >= 15 is 0 Å². The van der Waals surface area contributed by atoms with E-state index in [0.717, 1.165) is 12.8 Å². The number of hydrogen-bond acceptors (Lipinski definition) is 4. The zero-order valence-electron chi connectivity index (χ0n) is 13.1. The van der Waals surface area contributed by atoms with Gasteiger partial charge in [-0.2, -0.15) is 5.10 Å². The summed E-state index contributed by atoms with van der Waals surface area (Å²) in [5.74, 6) is 0.566. The molecule has 1 unspecified atom stereocenters. The first-order valence-electron chi connectivity index (χ1n) is 7.76. The first kappa shape index (κ1) is 15.5. The smallest absolute Gasteiger partial charge is 0.318 e. The third-order valence-corrected chi connectivity index (χ3v) is 4.12. The molecule has 1 aliphatic rings. The van der Waals surface area contributed by atoms with Gasteiger partial charge in [0.05, 0.1) is 19.2 Å². The number of carbonyl (C=O) groups is 1. The average molecular weight is 315 g/mol. The van der Waals surface area contributed by atoms with Gasteiger partial charge in [0.1, 0.15) is 6.33 Å². The summed E-state index contributed by atoms with van der Waals surface area (Å²) < 4.78 is 1.60. The van der Waals surface area contributed by atoms with Crippen LogP contribution in [0.3, 0.4) is 0 Å². The molecule has 122 valence electrons. The minimum Gasteiger partial charge on any atom is -0.395 e. The van der Waals surface area contributed by atoms with Gasteiger partial charge in [0.2, 0.25) is 0 Å². The van der Waals surface area contributed by atoms with Gasteiger partial charge in [0.15, 0.2) is 5.82 Å². The summed E-state index contributed by atoms with van der Waals surface area (Å²) in [7, 11) is 1.78. The molecule has 2 N–H and O–H groups in total. The second-order valence-corrected chi connectivity index (χ2v) is 5.66. The van der Waals surface area contributed by atoms with Crippen LogP contribution in [0.1, 0.15) is 29.4 Å². The van der Waals surface area contributed by atoms with Gasteiger partial charge in [-0.05, 0) is 24.0 Å². The number of carbonyl (C=O) groups excluding carboxylic acids is 1. The molecule has 2 aromatic rings. The molecule has 1 heterocycles. The van der Waals surface area contributed by atoms with Crippen LogP contribution < -0.4 is 5.32 Å². The zero-order valence-corrected chi connectivity index (χ0v) is 13.1. The molecule has 7 heteroatoms. The van der Waals surface area contributed by atoms with Crippen molar-refractivity contribution >= 4 is 6.03 Å². The Hall–Kier alpha value is -2.41. The van der Waals surface area contributed by atoms with Crippen LogP contribution in [0.5, 0.6) is 0 Å². The van der Waals surface area contributed by atoms with Crippen molar-refractivity contribution in [2.24, 2.45) is 7.05 Å². The summed E-state index contributed by atoms with van der Waals surface area (Å²) in [6.07, 6.45) is 3.44. The van der Waals surface area contributed by atoms with E-state index in [9.17, 15) is 9.90 Å². The highest BCUT2D eigenvalue weighted by atomic mass is 16.3. The Labute approximate surface area is 134 Å². The highest BCUT2D eigenvalue weighted by molar-refractivity contribution is 5.75. The fourth-order valence-electron chi connectivity index (χ4n) is 3.09. The molecule has 0 saturated carbocycles. The lowest BCUT2D eigenvalue weighted by atomic mass is 10.1. The van der Waals surface area contributed by atoms with Crippen LogP contribution in [0.2, 0.25) is 0 Å². The molecule has 0 aliphatic heterocycles. The van der Waals surface area contributed by atoms with E-state index < -0.39 is 0 Å². The fraction of sp³-hybridized carbons (Fsp3) is 0.438. The Bertz CT molecular complexity index is 685. The molecule has 0 spiro atoms. The number of aliphatic hydroxyl groups excluding tert-OH is 1. The van der Waals surface area contributed by atoms with Gasteiger partial charge in [0.25, 0.3) is 0 Å². The van der Waals surface area contributed by atoms with E-state index in [1.54, 1.807) is 23.0 Å². The quantitative estimate of drug-likeness (QED) is 0.862. The molecule has 1 aromatic heterocycles. The number of aromatic nitrogens is 3. The maximum absolute atomic E-state index is 12.6. The average Bonchev–Trinajstić information content (AvgIpc) is 3.16. The van der Waals surface area contributed by atoms with Crippen LogP contribution in [-0.4, -0.2) is 44.0 Å². The predicted octanol–water partition coefficient (Wildman–Crippen LogP) is 1.01. The van der Waals surface area contributed by atoms with Gasteiger partial charge < -0.3 is 15.3 Å². The fourth-order valence-corrected chi connectivity index (χ4v) is 3.09. The summed E-state index contributed by atoms with van der Waals surface area (Å²) in [6, 6.07) is 7.98. The highest BCUT2D eigenvalue weighted by Gasteiger charge is 2.30. The minimum absolute atomic E-state index is 0.00930. The maximum Gasteiger partial charge on any atom is 0.318 e. The molecular formula is C16H21N5O2. The molecular weight excluding hydrogens is 294 g/mol. The Morgan fingerprint density at radius 3 is 3.04 bits per heavy atom. The monoisotopic (exact) mass is 315 g/mol. The number of amides is 2. The van der Waals surface area contributed by atoms with Crippen LogP contribution in [-0.2, 0) is 20.0 Å². The standard InChI is InChI=1S/C16H21N5O2/c1-20-11-18-15(19-20)10-17-16(23)21(8-9-22)14-7-6-12-4-2-3-5-13(12)14/h2-5,11,14,22H,6-10H2,1H3,(H,17,23). The lowest BCUT2D eigenvalue weighted by molar-refractivity contribution is 0.151. The normalized spacial score (nSPS) is 16.2. The van der Waals surface area contributed by atoms with Gasteiger partial charge in [-0.1, -0.05) is 24.3 Å². The molecule has 7 nitrogen and oxygen atoms in total. The van der Waals surface area contributed by atoms with Crippen molar-refractivity contribution in [3.8, 4) is 0 Å². The number of benzene rings is 1. The Balaban J connectivity index is 1.70. The Morgan fingerprint density at radius 2 is 2.30 bits per heavy atom. The largest absolute Gasteiger partial charge is 0.395 e. The second kappa shape index (κ2) is 6.78. The Morgan fingerprint density at radius 1 is 1.48 bits per heavy atom. The van der Waals surface area contributed by atoms with E-state index in [2.05, 4.69) is 27.5 Å². The SMILES string of the molecule is Cn1cnc(CNC(=O)N(CCO)C2CCc3ccccc32)n1. The van der Waals surface area contributed by atoms with Crippen molar-refractivity contribution in [3.05, 3.63) is 47.5 Å². The number of aryl methyl sites for hydroxylation is 2. The van der Waals surface area contributed by atoms with Crippen LogP contribution in [0.25, 0.3) is 0 Å². The molecule has 1 atom stereocenters. The van der Waals surface area contributed by atoms with Gasteiger partial charge in [-0.25, -0.2) is 9.78 Å². The summed E-state index contributed by atoms with van der Waals surface area (Å²) in [4.78, 5) is 18.4. The third-order valence-electron chi connectivity index (χ3n) is 4.12. The van der Waals surface area contributed by atoms with E-state index in [-0.39, 0.29) is 25.2 Å². The summed E-state index contributed by atoms with van der Waals surface area (Å²) in [6.45, 7) is 0.518. The van der Waals surface area contributed by atoms with Crippen LogP contribution in [0.4, 0.5) is 4.79 Å². The minimum atomic E-state index is -0.201. The maximum atomic E-state index is 12.6. The predicted molar refractivity (Wildman–Crippen MR) is 84.5 cm³/mol. The van der Waals surface area contributed by atoms with Crippen molar-refractivity contribution < 1.29 is 9.90 Å². The number of urea groups is 1. The third kappa shape index (κ3) is 3.34. The molecule has 23 heavy (non-hydrogen) atoms. The van der Waals surface area contributed by atoms with E-state index in [1.165, 1.54) is 11.1 Å². The highest BCUT2D eigenvalue weighted by Crippen LogP contribution is 2.35. The molecule has 0 bridgehead atoms. The molecule has 2 amide bonds. The number of fused-ring (bicyclic) bond motifs is 1. The molecule has 3 rings (SSSR count). The molecule has 0 saturated heterocycles. The van der Waals surface area contributed by atoms with E-state index in [0.29, 0.717) is 12.4 Å². The molecule has 1 aliphatic carbocycles. The van der Waals surface area contributed by atoms with Crippen LogP contribution in [0, 0.1) is 0 Å². The first-order chi connectivity index (χ1) is 11.2. The van der Waals surface area contributed by atoms with Crippen LogP contribution >= 0.6 is 0 Å². The van der Waals surface area contributed by atoms with Gasteiger partial charge in [-0.3, -0.25) is 4.68 Å². The van der Waals surface area contributed by atoms with Crippen molar-refractivity contribution in [1.82, 2.24) is 25.0 Å². The van der Waals surface area contributed by atoms with Crippen molar-refractivity contribution in [3.63, 3.8) is 0 Å². The summed E-state index contributed by atoms with van der Waals surface area (Å²) in [5.41, 5.74) is 2.45. The number of nitrogens with zero attached hydrogens (tertiary/aromatic N) is 4. The van der Waals surface area contributed by atoms with Crippen LogP contribution in [0.15, 0.2) is 30.6 Å². The lowest BCUT2D eigenvalue weighted by Gasteiger charge is -2.29. The van der Waals surface area contributed by atoms with Gasteiger partial charge >= 0.3 is 6.03 Å². The summed E-state index contributed by atoms with van der Waals surface area (Å²) >= 11 is 0. The topological polar surface area (TPSA) is 83.3 Å². The van der Waals surface area contributed by atoms with Crippen molar-refractivity contribution in [2.75, 3.05) is 13.2 Å².